The van der Waals surface area contributed by atoms with Crippen molar-refractivity contribution in [3.05, 3.63) is 23.8 Å². The lowest BCUT2D eigenvalue weighted by Gasteiger charge is -2.28. The lowest BCUT2D eigenvalue weighted by atomic mass is 9.99. The van der Waals surface area contributed by atoms with E-state index in [2.05, 4.69) is 0 Å². The van der Waals surface area contributed by atoms with Crippen molar-refractivity contribution in [1.29, 1.82) is 0 Å². The van der Waals surface area contributed by atoms with Crippen LogP contribution in [0, 0.1) is 0 Å². The van der Waals surface area contributed by atoms with E-state index in [0.29, 0.717) is 5.57 Å². The van der Waals surface area contributed by atoms with Crippen molar-refractivity contribution in [2.75, 3.05) is 6.61 Å². The maximum absolute atomic E-state index is 11.4. The molecule has 0 aromatic rings. The van der Waals surface area contributed by atoms with Gasteiger partial charge in [0, 0.05) is 6.08 Å². The van der Waals surface area contributed by atoms with Gasteiger partial charge >= 0.3 is 11.9 Å². The number of hydrogen-bond acceptors (Lipinski definition) is 6. The number of esters is 2. The van der Waals surface area contributed by atoms with Crippen LogP contribution in [0.4, 0.5) is 0 Å². The monoisotopic (exact) mass is 268 g/mol. The minimum Gasteiger partial charge on any atom is -0.463 e. The van der Waals surface area contributed by atoms with Crippen LogP contribution in [0.5, 0.6) is 0 Å². The molecule has 2 heterocycles. The van der Waals surface area contributed by atoms with E-state index in [1.54, 1.807) is 13.8 Å². The number of carbonyl (C=O) groups is 2. The van der Waals surface area contributed by atoms with E-state index >= 15 is 0 Å². The van der Waals surface area contributed by atoms with Crippen LogP contribution in [0.1, 0.15) is 13.8 Å². The molecule has 0 spiro atoms. The zero-order chi connectivity index (χ0) is 14.0. The van der Waals surface area contributed by atoms with Gasteiger partial charge in [-0.2, -0.15) is 0 Å². The van der Waals surface area contributed by atoms with Crippen molar-refractivity contribution in [2.45, 2.75) is 38.3 Å². The van der Waals surface area contributed by atoms with E-state index in [4.69, 9.17) is 14.2 Å². The molecular weight excluding hydrogens is 252 g/mol. The summed E-state index contributed by atoms with van der Waals surface area (Å²) in [6, 6.07) is 0. The Bertz CT molecular complexity index is 438. The number of aliphatic hydroxyl groups is 1. The Hall–Kier alpha value is -1.66. The molecule has 19 heavy (non-hydrogen) atoms. The molecule has 1 fully saturated rings. The average molecular weight is 268 g/mol. The van der Waals surface area contributed by atoms with Crippen LogP contribution in [-0.2, 0) is 23.8 Å². The fourth-order valence-corrected chi connectivity index (χ4v) is 2.07. The van der Waals surface area contributed by atoms with Crippen LogP contribution in [0.3, 0.4) is 0 Å². The van der Waals surface area contributed by atoms with E-state index in [-0.39, 0.29) is 6.61 Å². The van der Waals surface area contributed by atoms with E-state index < -0.39 is 36.4 Å². The summed E-state index contributed by atoms with van der Waals surface area (Å²) in [6.45, 7) is 3.70. The number of carbonyl (C=O) groups excluding carboxylic acids is 2. The molecule has 2 rings (SSSR count). The van der Waals surface area contributed by atoms with Gasteiger partial charge in [-0.1, -0.05) is 0 Å². The number of hydrogen-bond donors (Lipinski definition) is 1. The van der Waals surface area contributed by atoms with E-state index in [1.807, 2.05) is 0 Å². The van der Waals surface area contributed by atoms with Crippen LogP contribution >= 0.6 is 0 Å². The molecule has 0 saturated carbocycles. The molecule has 2 aliphatic heterocycles. The number of aliphatic hydroxyl groups excluding tert-OH is 1. The predicted molar refractivity (Wildman–Crippen MR) is 64.1 cm³/mol. The van der Waals surface area contributed by atoms with Gasteiger partial charge in [-0.3, -0.25) is 0 Å². The summed E-state index contributed by atoms with van der Waals surface area (Å²) in [5.41, 5.74) is 0.334. The third-order valence-electron chi connectivity index (χ3n) is 2.96. The molecule has 0 aliphatic carbocycles. The molecule has 6 nitrogen and oxygen atoms in total. The van der Waals surface area contributed by atoms with E-state index in [1.165, 1.54) is 18.2 Å². The number of fused-ring (bicyclic) bond motifs is 1. The van der Waals surface area contributed by atoms with Gasteiger partial charge in [0.2, 0.25) is 0 Å². The van der Waals surface area contributed by atoms with Gasteiger partial charge < -0.3 is 19.3 Å². The minimum absolute atomic E-state index is 0.281. The summed E-state index contributed by atoms with van der Waals surface area (Å²) < 4.78 is 15.3. The highest BCUT2D eigenvalue weighted by Crippen LogP contribution is 2.30. The average Bonchev–Trinajstić information content (AvgIpc) is 2.62. The lowest BCUT2D eigenvalue weighted by molar-refractivity contribution is -0.139. The van der Waals surface area contributed by atoms with Crippen LogP contribution in [0.25, 0.3) is 0 Å². The Kier molecular flexibility index (Phi) is 4.01. The second-order valence-corrected chi connectivity index (χ2v) is 4.36. The zero-order valence-electron chi connectivity index (χ0n) is 10.7. The third kappa shape index (κ3) is 2.85. The number of rotatable bonds is 3. The highest BCUT2D eigenvalue weighted by molar-refractivity contribution is 5.92. The van der Waals surface area contributed by atoms with E-state index in [9.17, 15) is 14.7 Å². The Morgan fingerprint density at radius 3 is 3.00 bits per heavy atom. The largest absolute Gasteiger partial charge is 0.463 e. The lowest BCUT2D eigenvalue weighted by Crippen LogP contribution is -2.39. The molecular formula is C13H16O6. The van der Waals surface area contributed by atoms with Crippen LogP contribution in [-0.4, -0.2) is 48.1 Å². The molecule has 0 amide bonds. The number of cyclic esters (lactones) is 1. The van der Waals surface area contributed by atoms with Gasteiger partial charge in [0.15, 0.2) is 0 Å². The molecule has 2 aliphatic rings. The first kappa shape index (κ1) is 13.8. The molecule has 0 unspecified atom stereocenters. The number of ether oxygens (including phenoxy) is 3. The van der Waals surface area contributed by atoms with Crippen molar-refractivity contribution >= 4 is 11.9 Å². The predicted octanol–water partition coefficient (Wildman–Crippen LogP) is 0.106. The SMILES string of the molecule is CCOC(=O)/C=C\[C@H]1O[C@H]2C(=C[C@H]1O)C(=O)O[C@H]2C. The summed E-state index contributed by atoms with van der Waals surface area (Å²) in [6.07, 6.45) is 1.45. The molecule has 0 radical (unpaired) electrons. The van der Waals surface area contributed by atoms with Gasteiger partial charge in [-0.15, -0.1) is 0 Å². The Morgan fingerprint density at radius 2 is 2.32 bits per heavy atom. The maximum atomic E-state index is 11.4. The molecule has 0 aromatic heterocycles. The van der Waals surface area contributed by atoms with Crippen molar-refractivity contribution < 1.29 is 28.9 Å². The first-order valence-electron chi connectivity index (χ1n) is 6.14. The Balaban J connectivity index is 2.08. The van der Waals surface area contributed by atoms with E-state index in [0.717, 1.165) is 0 Å². The highest BCUT2D eigenvalue weighted by atomic mass is 16.6. The Labute approximate surface area is 110 Å². The van der Waals surface area contributed by atoms with Crippen molar-refractivity contribution in [2.24, 2.45) is 0 Å². The first-order chi connectivity index (χ1) is 9.02. The van der Waals surface area contributed by atoms with Gasteiger partial charge in [-0.25, -0.2) is 9.59 Å². The first-order valence-corrected chi connectivity index (χ1v) is 6.14. The second kappa shape index (κ2) is 5.54. The summed E-state index contributed by atoms with van der Waals surface area (Å²) in [7, 11) is 0. The molecule has 1 saturated heterocycles. The van der Waals surface area contributed by atoms with Gasteiger partial charge in [-0.05, 0) is 26.0 Å². The molecule has 0 aromatic carbocycles. The third-order valence-corrected chi connectivity index (χ3v) is 2.96. The van der Waals surface area contributed by atoms with Crippen LogP contribution < -0.4 is 0 Å². The maximum Gasteiger partial charge on any atom is 0.336 e. The topological polar surface area (TPSA) is 82.1 Å². The normalized spacial score (nSPS) is 33.8. The minimum atomic E-state index is -0.991. The fraction of sp³-hybridized carbons (Fsp3) is 0.538. The van der Waals surface area contributed by atoms with Gasteiger partial charge in [0.05, 0.1) is 12.2 Å². The smallest absolute Gasteiger partial charge is 0.336 e. The van der Waals surface area contributed by atoms with Gasteiger partial charge in [0.1, 0.15) is 24.4 Å². The molecule has 104 valence electrons. The summed E-state index contributed by atoms with van der Waals surface area (Å²) in [4.78, 5) is 22.6. The molecule has 6 heteroatoms. The molecule has 0 bridgehead atoms. The summed E-state index contributed by atoms with van der Waals surface area (Å²) in [5.74, 6) is -0.968. The second-order valence-electron chi connectivity index (χ2n) is 4.36. The van der Waals surface area contributed by atoms with Crippen molar-refractivity contribution in [3.63, 3.8) is 0 Å². The van der Waals surface area contributed by atoms with Crippen molar-refractivity contribution in [1.82, 2.24) is 0 Å². The zero-order valence-corrected chi connectivity index (χ0v) is 10.7. The van der Waals surface area contributed by atoms with Crippen LogP contribution in [0.2, 0.25) is 0 Å². The fourth-order valence-electron chi connectivity index (χ4n) is 2.07. The molecule has 1 N–H and O–H groups in total. The Morgan fingerprint density at radius 1 is 1.58 bits per heavy atom. The highest BCUT2D eigenvalue weighted by Gasteiger charge is 2.43. The van der Waals surface area contributed by atoms with Crippen molar-refractivity contribution in [3.8, 4) is 0 Å². The van der Waals surface area contributed by atoms with Crippen LogP contribution in [0.15, 0.2) is 23.8 Å². The molecule has 4 atom stereocenters. The summed E-state index contributed by atoms with van der Waals surface area (Å²) >= 11 is 0. The summed E-state index contributed by atoms with van der Waals surface area (Å²) in [5, 5.41) is 9.85. The standard InChI is InChI=1S/C13H16O6/c1-3-17-11(15)5-4-10-9(14)6-8-12(19-10)7(2)18-13(8)16/h4-7,9-10,12,14H,3H2,1-2H3/b5-4-/t7-,9+,10+,12+/m0/s1. The quantitative estimate of drug-likeness (QED) is 0.577. The van der Waals surface area contributed by atoms with Gasteiger partial charge in [0.25, 0.3) is 0 Å².